The van der Waals surface area contributed by atoms with E-state index in [4.69, 9.17) is 14.4 Å². The molecule has 22 heavy (non-hydrogen) atoms. The molecule has 120 valence electrons. The molecular weight excluding hydrogens is 284 g/mol. The molecule has 0 heterocycles. The van der Waals surface area contributed by atoms with Crippen LogP contribution in [0.2, 0.25) is 0 Å². The van der Waals surface area contributed by atoms with Gasteiger partial charge in [-0.1, -0.05) is 34.6 Å². The maximum atomic E-state index is 12.0. The lowest BCUT2D eigenvalue weighted by molar-refractivity contribution is -0.132. The van der Waals surface area contributed by atoms with Crippen LogP contribution in [0.1, 0.15) is 38.8 Å². The highest BCUT2D eigenvalue weighted by atomic mass is 16.6. The van der Waals surface area contributed by atoms with Gasteiger partial charge in [0.25, 0.3) is 0 Å². The number of benzene rings is 1. The second kappa shape index (κ2) is 8.81. The lowest BCUT2D eigenvalue weighted by Gasteiger charge is -2.11. The van der Waals surface area contributed by atoms with Gasteiger partial charge < -0.3 is 14.4 Å². The van der Waals surface area contributed by atoms with Crippen LogP contribution in [0.3, 0.4) is 0 Å². The van der Waals surface area contributed by atoms with Crippen molar-refractivity contribution in [1.82, 2.24) is 0 Å². The first-order valence-corrected chi connectivity index (χ1v) is 6.99. The van der Waals surface area contributed by atoms with Crippen LogP contribution in [0.25, 0.3) is 0 Å². The Bertz CT molecular complexity index is 561. The van der Waals surface area contributed by atoms with Crippen molar-refractivity contribution in [2.24, 2.45) is 10.3 Å². The Morgan fingerprint density at radius 1 is 1.18 bits per heavy atom. The zero-order valence-electron chi connectivity index (χ0n) is 13.6. The van der Waals surface area contributed by atoms with Crippen molar-refractivity contribution in [3.63, 3.8) is 0 Å². The number of esters is 1. The van der Waals surface area contributed by atoms with E-state index in [1.807, 2.05) is 39.8 Å². The number of ether oxygens (including phenoxy) is 1. The smallest absolute Gasteiger partial charge is 0.360 e. The molecule has 1 rings (SSSR count). The summed E-state index contributed by atoms with van der Waals surface area (Å²) in [7, 11) is 1.30. The van der Waals surface area contributed by atoms with Crippen molar-refractivity contribution in [2.45, 2.75) is 40.4 Å². The van der Waals surface area contributed by atoms with Crippen LogP contribution in [0, 0.1) is 0 Å². The van der Waals surface area contributed by atoms with Crippen LogP contribution in [-0.2, 0) is 25.8 Å². The highest BCUT2D eigenvalue weighted by molar-refractivity contribution is 6.43. The van der Waals surface area contributed by atoms with Crippen molar-refractivity contribution in [3.05, 3.63) is 35.4 Å². The van der Waals surface area contributed by atoms with Gasteiger partial charge in [-0.15, -0.1) is 0 Å². The number of oxime groups is 2. The molecule has 1 aromatic carbocycles. The Balaban J connectivity index is 3.11. The summed E-state index contributed by atoms with van der Waals surface area (Å²) in [4.78, 5) is 22.4. The minimum absolute atomic E-state index is 0.104. The van der Waals surface area contributed by atoms with Gasteiger partial charge in [0.15, 0.2) is 5.71 Å². The Hall–Kier alpha value is -2.37. The van der Waals surface area contributed by atoms with Gasteiger partial charge in [-0.05, 0) is 27.7 Å². The molecular formula is C16H22N2O4. The van der Waals surface area contributed by atoms with Crippen molar-refractivity contribution >= 4 is 17.4 Å². The van der Waals surface area contributed by atoms with Crippen LogP contribution < -0.4 is 0 Å². The van der Waals surface area contributed by atoms with Crippen molar-refractivity contribution in [2.75, 3.05) is 7.11 Å². The Kier molecular flexibility index (Phi) is 7.08. The topological polar surface area (TPSA) is 69.5 Å². The van der Waals surface area contributed by atoms with Crippen LogP contribution in [-0.4, -0.2) is 30.6 Å². The summed E-state index contributed by atoms with van der Waals surface area (Å²) in [5.41, 5.74) is 2.28. The van der Waals surface area contributed by atoms with E-state index in [-0.39, 0.29) is 18.4 Å². The highest BCUT2D eigenvalue weighted by Gasteiger charge is 2.19. The molecule has 0 unspecified atom stereocenters. The molecule has 0 aromatic heterocycles. The molecule has 0 aliphatic carbocycles. The van der Waals surface area contributed by atoms with Gasteiger partial charge in [0, 0.05) is 11.1 Å². The van der Waals surface area contributed by atoms with Gasteiger partial charge >= 0.3 is 5.97 Å². The molecule has 0 N–H and O–H groups in total. The van der Waals surface area contributed by atoms with Gasteiger partial charge in [0.05, 0.1) is 12.8 Å². The fourth-order valence-corrected chi connectivity index (χ4v) is 1.56. The summed E-state index contributed by atoms with van der Waals surface area (Å²) in [6, 6.07) is 7.26. The number of rotatable bonds is 7. The maximum absolute atomic E-state index is 12.0. The standard InChI is InChI=1S/C16H22N2O4/c1-11(2)17-21-10-13-8-6-7-9-14(13)15(16(19)20-5)18-22-12(3)4/h6-9,12H,10H2,1-5H3/b18-15+. The SMILES string of the molecule is COC(=O)/C(=N/OC(C)C)c1ccccc1CON=C(C)C. The minimum atomic E-state index is -0.566. The van der Waals surface area contributed by atoms with E-state index in [1.165, 1.54) is 7.11 Å². The minimum Gasteiger partial charge on any atom is -0.464 e. The largest absolute Gasteiger partial charge is 0.464 e. The summed E-state index contributed by atoms with van der Waals surface area (Å²) < 4.78 is 4.78. The van der Waals surface area contributed by atoms with E-state index in [0.717, 1.165) is 11.3 Å². The zero-order chi connectivity index (χ0) is 16.5. The third-order valence-corrected chi connectivity index (χ3v) is 2.47. The molecule has 0 aliphatic heterocycles. The summed E-state index contributed by atoms with van der Waals surface area (Å²) >= 11 is 0. The first-order valence-electron chi connectivity index (χ1n) is 6.99. The predicted molar refractivity (Wildman–Crippen MR) is 84.8 cm³/mol. The third-order valence-electron chi connectivity index (χ3n) is 2.47. The molecule has 0 fully saturated rings. The van der Waals surface area contributed by atoms with Crippen LogP contribution in [0.5, 0.6) is 0 Å². The van der Waals surface area contributed by atoms with Gasteiger partial charge in [0.1, 0.15) is 12.7 Å². The molecule has 0 atom stereocenters. The summed E-state index contributed by atoms with van der Waals surface area (Å²) in [6.07, 6.45) is -0.143. The quantitative estimate of drug-likeness (QED) is 0.441. The third kappa shape index (κ3) is 5.55. The van der Waals surface area contributed by atoms with Crippen molar-refractivity contribution < 1.29 is 19.2 Å². The van der Waals surface area contributed by atoms with Crippen LogP contribution in [0.15, 0.2) is 34.6 Å². The maximum Gasteiger partial charge on any atom is 0.360 e. The van der Waals surface area contributed by atoms with E-state index in [1.54, 1.807) is 12.1 Å². The first kappa shape index (κ1) is 17.7. The second-order valence-electron chi connectivity index (χ2n) is 5.05. The number of carbonyl (C=O) groups excluding carboxylic acids is 1. The summed E-state index contributed by atoms with van der Waals surface area (Å²) in [5.74, 6) is -0.566. The van der Waals surface area contributed by atoms with E-state index in [9.17, 15) is 4.79 Å². The monoisotopic (exact) mass is 306 g/mol. The van der Waals surface area contributed by atoms with Crippen LogP contribution in [0.4, 0.5) is 0 Å². The molecule has 6 heteroatoms. The fraction of sp³-hybridized carbons (Fsp3) is 0.438. The van der Waals surface area contributed by atoms with Crippen molar-refractivity contribution in [3.8, 4) is 0 Å². The normalized spacial score (nSPS) is 11.1. The molecule has 0 spiro atoms. The molecule has 1 aromatic rings. The van der Waals surface area contributed by atoms with E-state index >= 15 is 0 Å². The Morgan fingerprint density at radius 3 is 2.45 bits per heavy atom. The number of nitrogens with zero attached hydrogens (tertiary/aromatic N) is 2. The molecule has 0 amide bonds. The van der Waals surface area contributed by atoms with Gasteiger partial charge in [0.2, 0.25) is 0 Å². The molecule has 0 aliphatic rings. The molecule has 6 nitrogen and oxygen atoms in total. The van der Waals surface area contributed by atoms with Gasteiger partial charge in [-0.2, -0.15) is 0 Å². The van der Waals surface area contributed by atoms with E-state index < -0.39 is 5.97 Å². The van der Waals surface area contributed by atoms with E-state index in [2.05, 4.69) is 10.3 Å². The summed E-state index contributed by atoms with van der Waals surface area (Å²) in [6.45, 7) is 7.55. The number of methoxy groups -OCH3 is 1. The lowest BCUT2D eigenvalue weighted by atomic mass is 10.0. The van der Waals surface area contributed by atoms with Gasteiger partial charge in [-0.3, -0.25) is 0 Å². The van der Waals surface area contributed by atoms with Crippen molar-refractivity contribution in [1.29, 1.82) is 0 Å². The number of carbonyl (C=O) groups is 1. The second-order valence-corrected chi connectivity index (χ2v) is 5.05. The molecule has 0 bridgehead atoms. The highest BCUT2D eigenvalue weighted by Crippen LogP contribution is 2.13. The number of hydrogen-bond donors (Lipinski definition) is 0. The predicted octanol–water partition coefficient (Wildman–Crippen LogP) is 2.90. The lowest BCUT2D eigenvalue weighted by Crippen LogP contribution is -2.20. The van der Waals surface area contributed by atoms with E-state index in [0.29, 0.717) is 5.56 Å². The zero-order valence-corrected chi connectivity index (χ0v) is 13.6. The first-order chi connectivity index (χ1) is 10.5. The Morgan fingerprint density at radius 2 is 1.86 bits per heavy atom. The Labute approximate surface area is 130 Å². The molecule has 0 saturated carbocycles. The fourth-order valence-electron chi connectivity index (χ4n) is 1.56. The average Bonchev–Trinajstić information content (AvgIpc) is 2.47. The summed E-state index contributed by atoms with van der Waals surface area (Å²) in [5, 5.41) is 7.81. The van der Waals surface area contributed by atoms with Gasteiger partial charge in [-0.25, -0.2) is 4.79 Å². The van der Waals surface area contributed by atoms with Crippen LogP contribution >= 0.6 is 0 Å². The number of hydrogen-bond acceptors (Lipinski definition) is 6. The molecule has 0 saturated heterocycles. The molecule has 0 radical (unpaired) electrons. The average molecular weight is 306 g/mol.